The van der Waals surface area contributed by atoms with Gasteiger partial charge in [-0.2, -0.15) is 0 Å². The molecule has 0 heterocycles. The number of benzene rings is 2. The van der Waals surface area contributed by atoms with Crippen LogP contribution in [-0.2, 0) is 6.54 Å². The van der Waals surface area contributed by atoms with Gasteiger partial charge in [-0.3, -0.25) is 0 Å². The first kappa shape index (κ1) is 16.9. The van der Waals surface area contributed by atoms with Crippen molar-refractivity contribution in [1.82, 2.24) is 10.6 Å². The van der Waals surface area contributed by atoms with E-state index in [1.807, 2.05) is 30.3 Å². The van der Waals surface area contributed by atoms with E-state index in [-0.39, 0.29) is 6.03 Å². The third kappa shape index (κ3) is 5.66. The van der Waals surface area contributed by atoms with Crippen molar-refractivity contribution in [2.24, 2.45) is 0 Å². The number of nitrogens with zero attached hydrogens (tertiary/aromatic N) is 1. The summed E-state index contributed by atoms with van der Waals surface area (Å²) >= 11 is 0. The molecule has 122 valence electrons. The Morgan fingerprint density at radius 3 is 2.52 bits per heavy atom. The van der Waals surface area contributed by atoms with E-state index in [2.05, 4.69) is 53.6 Å². The highest BCUT2D eigenvalue weighted by Gasteiger charge is 2.05. The molecule has 4 heteroatoms. The van der Waals surface area contributed by atoms with Gasteiger partial charge in [-0.1, -0.05) is 42.5 Å². The molecule has 0 fully saturated rings. The maximum Gasteiger partial charge on any atom is 0.315 e. The number of nitrogens with one attached hydrogen (secondary N) is 2. The molecule has 0 atom stereocenters. The van der Waals surface area contributed by atoms with Crippen molar-refractivity contribution in [2.75, 3.05) is 24.5 Å². The summed E-state index contributed by atoms with van der Waals surface area (Å²) in [5.41, 5.74) is 3.53. The fourth-order valence-corrected chi connectivity index (χ4v) is 2.44. The van der Waals surface area contributed by atoms with Gasteiger partial charge in [-0.25, -0.2) is 4.79 Å². The van der Waals surface area contributed by atoms with E-state index in [9.17, 15) is 4.79 Å². The van der Waals surface area contributed by atoms with Gasteiger partial charge in [0.1, 0.15) is 0 Å². The summed E-state index contributed by atoms with van der Waals surface area (Å²) in [6.45, 7) is 7.07. The van der Waals surface area contributed by atoms with Crippen molar-refractivity contribution in [2.45, 2.75) is 20.4 Å². The molecule has 4 nitrogen and oxygen atoms in total. The first-order valence-corrected chi connectivity index (χ1v) is 8.06. The molecule has 0 aliphatic heterocycles. The van der Waals surface area contributed by atoms with Crippen LogP contribution in [0.5, 0.6) is 0 Å². The van der Waals surface area contributed by atoms with Gasteiger partial charge in [-0.05, 0) is 37.1 Å². The van der Waals surface area contributed by atoms with E-state index >= 15 is 0 Å². The molecular weight excluding hydrogens is 286 g/mol. The molecule has 2 rings (SSSR count). The van der Waals surface area contributed by atoms with Crippen LogP contribution >= 0.6 is 0 Å². The summed E-state index contributed by atoms with van der Waals surface area (Å²) in [4.78, 5) is 14.1. The van der Waals surface area contributed by atoms with Crippen molar-refractivity contribution in [3.05, 3.63) is 65.7 Å². The molecule has 0 spiro atoms. The van der Waals surface area contributed by atoms with Crippen LogP contribution in [0.1, 0.15) is 18.1 Å². The van der Waals surface area contributed by atoms with E-state index < -0.39 is 0 Å². The average molecular weight is 311 g/mol. The van der Waals surface area contributed by atoms with Gasteiger partial charge in [0.2, 0.25) is 0 Å². The minimum absolute atomic E-state index is 0.130. The van der Waals surface area contributed by atoms with Crippen molar-refractivity contribution in [1.29, 1.82) is 0 Å². The molecule has 2 aromatic rings. The second-order valence-electron chi connectivity index (χ2n) is 5.51. The first-order valence-electron chi connectivity index (χ1n) is 8.06. The zero-order chi connectivity index (χ0) is 16.5. The lowest BCUT2D eigenvalue weighted by atomic mass is 10.2. The maximum atomic E-state index is 11.8. The normalized spacial score (nSPS) is 10.2. The summed E-state index contributed by atoms with van der Waals surface area (Å²) in [6, 6.07) is 18.2. The van der Waals surface area contributed by atoms with Crippen LogP contribution in [0.4, 0.5) is 10.5 Å². The summed E-state index contributed by atoms with van der Waals surface area (Å²) < 4.78 is 0. The number of rotatable bonds is 7. The van der Waals surface area contributed by atoms with Crippen molar-refractivity contribution < 1.29 is 4.79 Å². The Bertz CT molecular complexity index is 613. The molecule has 2 amide bonds. The molecule has 0 radical (unpaired) electrons. The molecule has 0 aromatic heterocycles. The third-order valence-corrected chi connectivity index (χ3v) is 3.71. The third-order valence-electron chi connectivity index (χ3n) is 3.71. The Balaban J connectivity index is 1.73. The quantitative estimate of drug-likeness (QED) is 0.824. The standard InChI is InChI=1S/C19H25N3O/c1-3-22(18-11-7-8-16(2)14-18)13-12-20-19(23)21-15-17-9-5-4-6-10-17/h4-11,14H,3,12-13,15H2,1-2H3,(H2,20,21,23). The minimum atomic E-state index is -0.130. The average Bonchev–Trinajstić information content (AvgIpc) is 2.58. The second-order valence-corrected chi connectivity index (χ2v) is 5.51. The Hall–Kier alpha value is -2.49. The molecule has 23 heavy (non-hydrogen) atoms. The molecule has 0 saturated heterocycles. The number of urea groups is 1. The van der Waals surface area contributed by atoms with Crippen LogP contribution in [0.25, 0.3) is 0 Å². The SMILES string of the molecule is CCN(CCNC(=O)NCc1ccccc1)c1cccc(C)c1. The number of amides is 2. The van der Waals surface area contributed by atoms with Gasteiger partial charge >= 0.3 is 6.03 Å². The molecule has 0 unspecified atom stereocenters. The molecule has 0 aliphatic rings. The van der Waals surface area contributed by atoms with Crippen LogP contribution in [0, 0.1) is 6.92 Å². The van der Waals surface area contributed by atoms with Gasteiger partial charge in [-0.15, -0.1) is 0 Å². The molecular formula is C19H25N3O. The second kappa shape index (κ2) is 8.83. The molecule has 0 aliphatic carbocycles. The zero-order valence-corrected chi connectivity index (χ0v) is 13.9. The lowest BCUT2D eigenvalue weighted by Crippen LogP contribution is -2.40. The van der Waals surface area contributed by atoms with Crippen LogP contribution in [0.2, 0.25) is 0 Å². The highest BCUT2D eigenvalue weighted by Crippen LogP contribution is 2.14. The van der Waals surface area contributed by atoms with Gasteiger partial charge < -0.3 is 15.5 Å². The fourth-order valence-electron chi connectivity index (χ4n) is 2.44. The van der Waals surface area contributed by atoms with E-state index in [1.165, 1.54) is 11.3 Å². The number of likely N-dealkylation sites (N-methyl/N-ethyl adjacent to an activating group) is 1. The number of carbonyl (C=O) groups excluding carboxylic acids is 1. The van der Waals surface area contributed by atoms with Gasteiger partial charge in [0.25, 0.3) is 0 Å². The van der Waals surface area contributed by atoms with Crippen LogP contribution in [0.15, 0.2) is 54.6 Å². The lowest BCUT2D eigenvalue weighted by Gasteiger charge is -2.23. The predicted molar refractivity (Wildman–Crippen MR) is 95.7 cm³/mol. The Kier molecular flexibility index (Phi) is 6.48. The molecule has 0 bridgehead atoms. The van der Waals surface area contributed by atoms with E-state index in [1.54, 1.807) is 0 Å². The molecule has 0 saturated carbocycles. The highest BCUT2D eigenvalue weighted by molar-refractivity contribution is 5.73. The largest absolute Gasteiger partial charge is 0.370 e. The first-order chi connectivity index (χ1) is 11.2. The Morgan fingerprint density at radius 2 is 1.83 bits per heavy atom. The van der Waals surface area contributed by atoms with Gasteiger partial charge in [0.05, 0.1) is 0 Å². The molecule has 2 aromatic carbocycles. The predicted octanol–water partition coefficient (Wildman–Crippen LogP) is 3.32. The smallest absolute Gasteiger partial charge is 0.315 e. The summed E-state index contributed by atoms with van der Waals surface area (Å²) in [7, 11) is 0. The Labute approximate surface area is 138 Å². The van der Waals surface area contributed by atoms with Crippen LogP contribution in [0.3, 0.4) is 0 Å². The van der Waals surface area contributed by atoms with E-state index in [4.69, 9.17) is 0 Å². The Morgan fingerprint density at radius 1 is 1.04 bits per heavy atom. The van der Waals surface area contributed by atoms with Crippen LogP contribution < -0.4 is 15.5 Å². The van der Waals surface area contributed by atoms with Crippen molar-refractivity contribution in [3.63, 3.8) is 0 Å². The van der Waals surface area contributed by atoms with Gasteiger partial charge in [0.15, 0.2) is 0 Å². The minimum Gasteiger partial charge on any atom is -0.370 e. The zero-order valence-electron chi connectivity index (χ0n) is 13.9. The summed E-state index contributed by atoms with van der Waals surface area (Å²) in [5, 5.41) is 5.78. The van der Waals surface area contributed by atoms with Gasteiger partial charge in [0, 0.05) is 31.9 Å². The summed E-state index contributed by atoms with van der Waals surface area (Å²) in [6.07, 6.45) is 0. The molecule has 2 N–H and O–H groups in total. The number of aryl methyl sites for hydroxylation is 1. The number of anilines is 1. The summed E-state index contributed by atoms with van der Waals surface area (Å²) in [5.74, 6) is 0. The topological polar surface area (TPSA) is 44.4 Å². The monoisotopic (exact) mass is 311 g/mol. The van der Waals surface area contributed by atoms with Crippen molar-refractivity contribution >= 4 is 11.7 Å². The van der Waals surface area contributed by atoms with E-state index in [0.29, 0.717) is 13.1 Å². The van der Waals surface area contributed by atoms with E-state index in [0.717, 1.165) is 18.7 Å². The lowest BCUT2D eigenvalue weighted by molar-refractivity contribution is 0.240. The number of hydrogen-bond acceptors (Lipinski definition) is 2. The maximum absolute atomic E-state index is 11.8. The highest BCUT2D eigenvalue weighted by atomic mass is 16.2. The number of carbonyl (C=O) groups is 1. The van der Waals surface area contributed by atoms with Crippen molar-refractivity contribution in [3.8, 4) is 0 Å². The number of hydrogen-bond donors (Lipinski definition) is 2. The fraction of sp³-hybridized carbons (Fsp3) is 0.316. The van der Waals surface area contributed by atoms with Crippen LogP contribution in [-0.4, -0.2) is 25.7 Å².